The zero-order valence-corrected chi connectivity index (χ0v) is 9.94. The molecule has 0 radical (unpaired) electrons. The van der Waals surface area contributed by atoms with Crippen LogP contribution in [0.3, 0.4) is 0 Å². The van der Waals surface area contributed by atoms with Crippen LogP contribution in [0.1, 0.15) is 5.56 Å². The van der Waals surface area contributed by atoms with Gasteiger partial charge in [0, 0.05) is 23.3 Å². The first-order valence-corrected chi connectivity index (χ1v) is 5.57. The Morgan fingerprint density at radius 1 is 1.05 bits per heavy atom. The van der Waals surface area contributed by atoms with E-state index in [0.29, 0.717) is 22.0 Å². The predicted molar refractivity (Wildman–Crippen MR) is 66.5 cm³/mol. The molecule has 0 aliphatic heterocycles. The molecule has 0 bridgehead atoms. The fourth-order valence-electron chi connectivity index (χ4n) is 1.93. The number of H-pyrrole nitrogens is 1. The van der Waals surface area contributed by atoms with Crippen LogP contribution in [0.2, 0.25) is 0 Å². The van der Waals surface area contributed by atoms with Crippen LogP contribution in [0.4, 0.5) is 19.1 Å². The second kappa shape index (κ2) is 4.19. The maximum absolute atomic E-state index is 12.9. The standard InChI is InChI=1S/C12H8F3N5/c13-12(14,15)7-1-8(6-3-17-11(16)18-4-6)9-5-19-20-10(9)2-7/h1-5H,(H,19,20)(H2,16,17,18). The van der Waals surface area contributed by atoms with Crippen LogP contribution in [0.25, 0.3) is 22.0 Å². The monoisotopic (exact) mass is 279 g/mol. The van der Waals surface area contributed by atoms with Crippen molar-refractivity contribution in [1.82, 2.24) is 20.2 Å². The Hall–Kier alpha value is -2.64. The first kappa shape index (κ1) is 12.4. The third-order valence-electron chi connectivity index (χ3n) is 2.87. The first-order valence-electron chi connectivity index (χ1n) is 5.57. The van der Waals surface area contributed by atoms with Crippen molar-refractivity contribution < 1.29 is 13.2 Å². The molecule has 5 nitrogen and oxygen atoms in total. The Balaban J connectivity index is 2.27. The Labute approximate surface area is 110 Å². The van der Waals surface area contributed by atoms with Gasteiger partial charge in [-0.15, -0.1) is 0 Å². The van der Waals surface area contributed by atoms with E-state index >= 15 is 0 Å². The molecule has 3 aromatic rings. The van der Waals surface area contributed by atoms with Crippen molar-refractivity contribution in [3.8, 4) is 11.1 Å². The van der Waals surface area contributed by atoms with Gasteiger partial charge in [0.1, 0.15) is 0 Å². The third kappa shape index (κ3) is 2.04. The van der Waals surface area contributed by atoms with Gasteiger partial charge in [-0.3, -0.25) is 5.10 Å². The Morgan fingerprint density at radius 2 is 1.75 bits per heavy atom. The molecule has 1 aromatic carbocycles. The number of rotatable bonds is 1. The van der Waals surface area contributed by atoms with E-state index in [9.17, 15) is 13.2 Å². The Kier molecular flexibility index (Phi) is 2.60. The number of alkyl halides is 3. The van der Waals surface area contributed by atoms with Crippen LogP contribution in [-0.2, 0) is 6.18 Å². The first-order chi connectivity index (χ1) is 9.45. The van der Waals surface area contributed by atoms with Crippen molar-refractivity contribution in [2.24, 2.45) is 0 Å². The number of benzene rings is 1. The van der Waals surface area contributed by atoms with E-state index in [1.54, 1.807) is 0 Å². The van der Waals surface area contributed by atoms with Crippen molar-refractivity contribution in [1.29, 1.82) is 0 Å². The Morgan fingerprint density at radius 3 is 2.40 bits per heavy atom. The lowest BCUT2D eigenvalue weighted by molar-refractivity contribution is -0.137. The molecule has 2 heterocycles. The lowest BCUT2D eigenvalue weighted by Crippen LogP contribution is -2.05. The predicted octanol–water partition coefficient (Wildman–Crippen LogP) is 2.62. The van der Waals surface area contributed by atoms with Crippen LogP contribution in [0, 0.1) is 0 Å². The molecule has 0 saturated carbocycles. The fourth-order valence-corrected chi connectivity index (χ4v) is 1.93. The van der Waals surface area contributed by atoms with E-state index in [-0.39, 0.29) is 5.95 Å². The molecule has 102 valence electrons. The second-order valence-electron chi connectivity index (χ2n) is 4.18. The second-order valence-corrected chi connectivity index (χ2v) is 4.18. The summed E-state index contributed by atoms with van der Waals surface area (Å²) >= 11 is 0. The molecule has 0 saturated heterocycles. The molecule has 0 atom stereocenters. The van der Waals surface area contributed by atoms with Gasteiger partial charge in [0.25, 0.3) is 0 Å². The number of aromatic amines is 1. The smallest absolute Gasteiger partial charge is 0.368 e. The normalized spacial score (nSPS) is 11.9. The van der Waals surface area contributed by atoms with Crippen molar-refractivity contribution in [2.75, 3.05) is 5.73 Å². The number of nitrogens with zero attached hydrogens (tertiary/aromatic N) is 3. The van der Waals surface area contributed by atoms with Crippen molar-refractivity contribution in [3.63, 3.8) is 0 Å². The number of fused-ring (bicyclic) bond motifs is 1. The summed E-state index contributed by atoms with van der Waals surface area (Å²) in [6.07, 6.45) is -0.224. The number of nitrogens with one attached hydrogen (secondary N) is 1. The fraction of sp³-hybridized carbons (Fsp3) is 0.0833. The van der Waals surface area contributed by atoms with E-state index in [1.807, 2.05) is 0 Å². The molecular formula is C12H8F3N5. The third-order valence-corrected chi connectivity index (χ3v) is 2.87. The number of anilines is 1. The zero-order chi connectivity index (χ0) is 14.3. The van der Waals surface area contributed by atoms with Gasteiger partial charge in [0.2, 0.25) is 5.95 Å². The van der Waals surface area contributed by atoms with Gasteiger partial charge >= 0.3 is 6.18 Å². The molecule has 3 rings (SSSR count). The van der Waals surface area contributed by atoms with Gasteiger partial charge in [0.15, 0.2) is 0 Å². The molecule has 0 aliphatic carbocycles. The highest BCUT2D eigenvalue weighted by Crippen LogP contribution is 2.36. The molecule has 0 spiro atoms. The maximum atomic E-state index is 12.9. The number of hydrogen-bond donors (Lipinski definition) is 2. The summed E-state index contributed by atoms with van der Waals surface area (Å²) in [5.74, 6) is 0.0594. The van der Waals surface area contributed by atoms with Gasteiger partial charge in [-0.05, 0) is 17.7 Å². The van der Waals surface area contributed by atoms with E-state index in [4.69, 9.17) is 5.73 Å². The molecule has 8 heteroatoms. The van der Waals surface area contributed by atoms with Crippen LogP contribution < -0.4 is 5.73 Å². The van der Waals surface area contributed by atoms with Crippen molar-refractivity contribution in [3.05, 3.63) is 36.3 Å². The van der Waals surface area contributed by atoms with Crippen LogP contribution in [-0.4, -0.2) is 20.2 Å². The van der Waals surface area contributed by atoms with E-state index in [1.165, 1.54) is 18.6 Å². The summed E-state index contributed by atoms with van der Waals surface area (Å²) in [5, 5.41) is 6.87. The number of hydrogen-bond acceptors (Lipinski definition) is 4. The van der Waals surface area contributed by atoms with Crippen LogP contribution in [0.5, 0.6) is 0 Å². The van der Waals surface area contributed by atoms with Crippen molar-refractivity contribution in [2.45, 2.75) is 6.18 Å². The molecule has 20 heavy (non-hydrogen) atoms. The number of nitrogens with two attached hydrogens (primary N) is 1. The Bertz CT molecular complexity index is 761. The molecule has 2 aromatic heterocycles. The minimum atomic E-state index is -4.44. The highest BCUT2D eigenvalue weighted by molar-refractivity contribution is 5.94. The van der Waals surface area contributed by atoms with Gasteiger partial charge < -0.3 is 5.73 Å². The molecule has 3 N–H and O–H groups in total. The molecule has 0 unspecified atom stereocenters. The lowest BCUT2D eigenvalue weighted by atomic mass is 10.0. The SMILES string of the molecule is Nc1ncc(-c2cc(C(F)(F)F)cc3[nH]ncc23)cn1. The average Bonchev–Trinajstić information content (AvgIpc) is 2.85. The summed E-state index contributed by atoms with van der Waals surface area (Å²) in [6.45, 7) is 0. The largest absolute Gasteiger partial charge is 0.416 e. The highest BCUT2D eigenvalue weighted by Gasteiger charge is 2.31. The highest BCUT2D eigenvalue weighted by atomic mass is 19.4. The zero-order valence-electron chi connectivity index (χ0n) is 9.94. The van der Waals surface area contributed by atoms with Crippen LogP contribution >= 0.6 is 0 Å². The minimum absolute atomic E-state index is 0.0594. The number of nitrogen functional groups attached to an aromatic ring is 1. The summed E-state index contributed by atoms with van der Waals surface area (Å²) < 4.78 is 38.7. The minimum Gasteiger partial charge on any atom is -0.368 e. The molecular weight excluding hydrogens is 271 g/mol. The molecule has 0 aliphatic rings. The van der Waals surface area contributed by atoms with Gasteiger partial charge in [-0.2, -0.15) is 18.3 Å². The quantitative estimate of drug-likeness (QED) is 0.717. The summed E-state index contributed by atoms with van der Waals surface area (Å²) in [4.78, 5) is 7.59. The topological polar surface area (TPSA) is 80.5 Å². The lowest BCUT2D eigenvalue weighted by Gasteiger charge is -2.10. The van der Waals surface area contributed by atoms with E-state index in [0.717, 1.165) is 12.1 Å². The van der Waals surface area contributed by atoms with Crippen molar-refractivity contribution >= 4 is 16.9 Å². The molecule has 0 fully saturated rings. The summed E-state index contributed by atoms with van der Waals surface area (Å²) in [5.41, 5.74) is 5.70. The van der Waals surface area contributed by atoms with Crippen LogP contribution in [0.15, 0.2) is 30.7 Å². The van der Waals surface area contributed by atoms with Gasteiger partial charge in [-0.25, -0.2) is 9.97 Å². The number of aromatic nitrogens is 4. The molecule has 0 amide bonds. The maximum Gasteiger partial charge on any atom is 0.416 e. The van der Waals surface area contributed by atoms with Gasteiger partial charge in [0.05, 0.1) is 17.3 Å². The van der Waals surface area contributed by atoms with Gasteiger partial charge in [-0.1, -0.05) is 0 Å². The summed E-state index contributed by atoms with van der Waals surface area (Å²) in [7, 11) is 0. The van der Waals surface area contributed by atoms with E-state index in [2.05, 4.69) is 20.2 Å². The van der Waals surface area contributed by atoms with E-state index < -0.39 is 11.7 Å². The number of halogens is 3. The average molecular weight is 279 g/mol. The summed E-state index contributed by atoms with van der Waals surface area (Å²) in [6, 6.07) is 2.07.